The molecule has 1 aliphatic carbocycles. The molecule has 0 spiro atoms. The molecule has 0 radical (unpaired) electrons. The fourth-order valence-electron chi connectivity index (χ4n) is 3.75. The highest BCUT2D eigenvalue weighted by atomic mass is 32.1. The Kier molecular flexibility index (Phi) is 6.05. The number of nitrogens with zero attached hydrogens (tertiary/aromatic N) is 3. The molecule has 2 atom stereocenters. The summed E-state index contributed by atoms with van der Waals surface area (Å²) in [5, 5.41) is 10.4. The van der Waals surface area contributed by atoms with E-state index >= 15 is 0 Å². The molecule has 0 unspecified atom stereocenters. The van der Waals surface area contributed by atoms with Gasteiger partial charge in [-0.05, 0) is 31.6 Å². The summed E-state index contributed by atoms with van der Waals surface area (Å²) in [6.07, 6.45) is 2.37. The zero-order chi connectivity index (χ0) is 19.6. The second kappa shape index (κ2) is 8.14. The van der Waals surface area contributed by atoms with E-state index in [4.69, 9.17) is 9.90 Å². The molecule has 1 aromatic heterocycles. The molecule has 6 nitrogen and oxygen atoms in total. The minimum Gasteiger partial charge on any atom is -0.475 e. The Hall–Kier alpha value is -1.68. The van der Waals surface area contributed by atoms with Gasteiger partial charge in [0.15, 0.2) is 0 Å². The molecule has 4 rings (SSSR count). The average molecular weight is 405 g/mol. The van der Waals surface area contributed by atoms with Crippen molar-refractivity contribution in [2.24, 2.45) is 5.92 Å². The Morgan fingerprint density at radius 2 is 1.96 bits per heavy atom. The number of carbonyl (C=O) groups excluding carboxylic acids is 1. The van der Waals surface area contributed by atoms with Crippen molar-refractivity contribution >= 4 is 23.2 Å². The van der Waals surface area contributed by atoms with Crippen molar-refractivity contribution in [3.8, 4) is 0 Å². The lowest BCUT2D eigenvalue weighted by Crippen LogP contribution is -2.52. The molecule has 2 aliphatic heterocycles. The molecule has 27 heavy (non-hydrogen) atoms. The number of rotatable bonds is 4. The van der Waals surface area contributed by atoms with Gasteiger partial charge in [0, 0.05) is 43.2 Å². The maximum atomic E-state index is 12.2. The van der Waals surface area contributed by atoms with Crippen LogP contribution in [0.1, 0.15) is 37.1 Å². The first-order valence-electron chi connectivity index (χ1n) is 8.97. The molecule has 3 heterocycles. The molecular formula is C17H22F3N3O3S. The molecule has 2 saturated heterocycles. The average Bonchev–Trinajstić information content (AvgIpc) is 3.10. The van der Waals surface area contributed by atoms with E-state index < -0.39 is 12.1 Å². The van der Waals surface area contributed by atoms with Gasteiger partial charge in [-0.1, -0.05) is 0 Å². The van der Waals surface area contributed by atoms with Crippen molar-refractivity contribution in [3.63, 3.8) is 0 Å². The van der Waals surface area contributed by atoms with E-state index in [9.17, 15) is 18.0 Å². The van der Waals surface area contributed by atoms with Gasteiger partial charge in [-0.3, -0.25) is 9.69 Å². The Labute approximate surface area is 159 Å². The smallest absolute Gasteiger partial charge is 0.475 e. The first kappa shape index (κ1) is 20.1. The molecular weight excluding hydrogens is 383 g/mol. The van der Waals surface area contributed by atoms with Gasteiger partial charge in [-0.25, -0.2) is 9.78 Å². The summed E-state index contributed by atoms with van der Waals surface area (Å²) in [5.41, 5.74) is 0. The number of halogens is 3. The summed E-state index contributed by atoms with van der Waals surface area (Å²) in [4.78, 5) is 30.3. The molecule has 0 bridgehead atoms. The minimum absolute atomic E-state index is 0.397. The Morgan fingerprint density at radius 1 is 1.26 bits per heavy atom. The number of fused-ring (bicyclic) bond motifs is 1. The van der Waals surface area contributed by atoms with Gasteiger partial charge in [0.1, 0.15) is 5.01 Å². The van der Waals surface area contributed by atoms with Crippen molar-refractivity contribution in [2.45, 2.75) is 56.9 Å². The predicted octanol–water partition coefficient (Wildman–Crippen LogP) is 2.75. The maximum Gasteiger partial charge on any atom is 0.490 e. The van der Waals surface area contributed by atoms with Crippen LogP contribution in [0, 0.1) is 5.92 Å². The molecule has 1 aromatic rings. The van der Waals surface area contributed by atoms with Crippen LogP contribution in [-0.2, 0) is 16.1 Å². The molecule has 150 valence electrons. The SMILES string of the molecule is O=C(O)C(F)(F)F.O=C1CC[C@@H]2[C@@H](CCN2Cc2nccs2)N1CC1CC1. The first-order valence-corrected chi connectivity index (χ1v) is 9.85. The van der Waals surface area contributed by atoms with E-state index in [1.165, 1.54) is 17.8 Å². The van der Waals surface area contributed by atoms with Crippen molar-refractivity contribution in [1.29, 1.82) is 0 Å². The third-order valence-corrected chi connectivity index (χ3v) is 5.98. The summed E-state index contributed by atoms with van der Waals surface area (Å²) < 4.78 is 31.7. The number of amides is 1. The summed E-state index contributed by atoms with van der Waals surface area (Å²) in [6, 6.07) is 1.03. The van der Waals surface area contributed by atoms with Crippen LogP contribution in [-0.4, -0.2) is 63.1 Å². The number of aromatic nitrogens is 1. The predicted molar refractivity (Wildman–Crippen MR) is 92.1 cm³/mol. The summed E-state index contributed by atoms with van der Waals surface area (Å²) in [6.45, 7) is 3.10. The van der Waals surface area contributed by atoms with E-state index in [0.29, 0.717) is 18.0 Å². The number of thiazole rings is 1. The molecule has 1 N–H and O–H groups in total. The fraction of sp³-hybridized carbons (Fsp3) is 0.706. The first-order chi connectivity index (χ1) is 12.8. The van der Waals surface area contributed by atoms with Gasteiger partial charge in [-0.15, -0.1) is 11.3 Å². The van der Waals surface area contributed by atoms with E-state index in [2.05, 4.69) is 14.8 Å². The number of hydrogen-bond donors (Lipinski definition) is 1. The number of carboxylic acids is 1. The lowest BCUT2D eigenvalue weighted by atomic mass is 9.96. The van der Waals surface area contributed by atoms with Crippen LogP contribution in [0.3, 0.4) is 0 Å². The Morgan fingerprint density at radius 3 is 2.52 bits per heavy atom. The quantitative estimate of drug-likeness (QED) is 0.834. The van der Waals surface area contributed by atoms with Crippen LogP contribution >= 0.6 is 11.3 Å². The lowest BCUT2D eigenvalue weighted by molar-refractivity contribution is -0.192. The molecule has 1 saturated carbocycles. The zero-order valence-corrected chi connectivity index (χ0v) is 15.5. The van der Waals surface area contributed by atoms with Gasteiger partial charge in [-0.2, -0.15) is 13.2 Å². The normalized spacial score (nSPS) is 25.7. The van der Waals surface area contributed by atoms with Gasteiger partial charge >= 0.3 is 12.1 Å². The highest BCUT2D eigenvalue weighted by molar-refractivity contribution is 7.09. The zero-order valence-electron chi connectivity index (χ0n) is 14.7. The van der Waals surface area contributed by atoms with E-state index in [0.717, 1.165) is 44.8 Å². The van der Waals surface area contributed by atoms with Gasteiger partial charge in [0.2, 0.25) is 5.91 Å². The third kappa shape index (κ3) is 5.19. The second-order valence-electron chi connectivity index (χ2n) is 7.15. The molecule has 3 fully saturated rings. The van der Waals surface area contributed by atoms with Gasteiger partial charge < -0.3 is 10.0 Å². The van der Waals surface area contributed by atoms with Crippen LogP contribution < -0.4 is 0 Å². The fourth-order valence-corrected chi connectivity index (χ4v) is 4.40. The largest absolute Gasteiger partial charge is 0.490 e. The summed E-state index contributed by atoms with van der Waals surface area (Å²) >= 11 is 1.74. The highest BCUT2D eigenvalue weighted by Gasteiger charge is 2.44. The molecule has 1 amide bonds. The summed E-state index contributed by atoms with van der Waals surface area (Å²) in [7, 11) is 0. The number of alkyl halides is 3. The van der Waals surface area contributed by atoms with E-state index in [1.54, 1.807) is 11.3 Å². The molecule has 3 aliphatic rings. The van der Waals surface area contributed by atoms with Crippen LogP contribution in [0.5, 0.6) is 0 Å². The van der Waals surface area contributed by atoms with Crippen molar-refractivity contribution < 1.29 is 27.9 Å². The van der Waals surface area contributed by atoms with E-state index in [-0.39, 0.29) is 0 Å². The van der Waals surface area contributed by atoms with Crippen molar-refractivity contribution in [2.75, 3.05) is 13.1 Å². The van der Waals surface area contributed by atoms with Gasteiger partial charge in [0.05, 0.1) is 6.54 Å². The number of likely N-dealkylation sites (tertiary alicyclic amines) is 2. The molecule has 10 heteroatoms. The van der Waals surface area contributed by atoms with Crippen molar-refractivity contribution in [3.05, 3.63) is 16.6 Å². The Bertz CT molecular complexity index is 664. The standard InChI is InChI=1S/C15H21N3OS.C2HF3O2/c19-15-4-3-12-13(18(15)9-11-1-2-11)5-7-17(12)10-14-16-6-8-20-14;3-2(4,5)1(6)7/h6,8,11-13H,1-5,7,9-10H2;(H,6,7)/t12-,13-;/m1./s1. The monoisotopic (exact) mass is 405 g/mol. The third-order valence-electron chi connectivity index (χ3n) is 5.22. The molecule has 0 aromatic carbocycles. The number of piperidine rings is 1. The van der Waals surface area contributed by atoms with Crippen molar-refractivity contribution in [1.82, 2.24) is 14.8 Å². The number of hydrogen-bond acceptors (Lipinski definition) is 5. The minimum atomic E-state index is -5.08. The van der Waals surface area contributed by atoms with Crippen LogP contribution in [0.4, 0.5) is 13.2 Å². The second-order valence-corrected chi connectivity index (χ2v) is 8.13. The number of carboxylic acid groups (broad SMARTS) is 1. The number of carbonyl (C=O) groups is 2. The van der Waals surface area contributed by atoms with Gasteiger partial charge in [0.25, 0.3) is 0 Å². The lowest BCUT2D eigenvalue weighted by Gasteiger charge is -2.40. The van der Waals surface area contributed by atoms with Crippen LogP contribution in [0.2, 0.25) is 0 Å². The van der Waals surface area contributed by atoms with E-state index in [1.807, 2.05) is 11.6 Å². The topological polar surface area (TPSA) is 73.7 Å². The van der Waals surface area contributed by atoms with Crippen LogP contribution in [0.15, 0.2) is 11.6 Å². The Balaban J connectivity index is 0.000000260. The number of aliphatic carboxylic acids is 1. The van der Waals surface area contributed by atoms with Crippen LogP contribution in [0.25, 0.3) is 0 Å². The summed E-state index contributed by atoms with van der Waals surface area (Å²) in [5.74, 6) is -1.56. The highest BCUT2D eigenvalue weighted by Crippen LogP contribution is 2.37. The maximum absolute atomic E-state index is 12.2.